The van der Waals surface area contributed by atoms with Crippen molar-refractivity contribution in [2.75, 3.05) is 0 Å². The first-order valence-electron chi connectivity index (χ1n) is 6.58. The molecular formula is C15H13ClN4S2. The molecule has 22 heavy (non-hydrogen) atoms. The van der Waals surface area contributed by atoms with Gasteiger partial charge in [0.25, 0.3) is 0 Å². The lowest BCUT2D eigenvalue weighted by Gasteiger charge is -2.01. The van der Waals surface area contributed by atoms with Crippen LogP contribution in [0, 0.1) is 6.92 Å². The number of thiophene rings is 1. The van der Waals surface area contributed by atoms with Crippen molar-refractivity contribution in [1.29, 1.82) is 0 Å². The molecule has 0 spiro atoms. The first-order chi connectivity index (χ1) is 10.7. The molecule has 0 aliphatic carbocycles. The molecule has 1 aromatic carbocycles. The summed E-state index contributed by atoms with van der Waals surface area (Å²) in [6, 6.07) is 9.87. The largest absolute Gasteiger partial charge is 0.212 e. The molecule has 4 nitrogen and oxygen atoms in total. The lowest BCUT2D eigenvalue weighted by atomic mass is 10.2. The van der Waals surface area contributed by atoms with Crippen LogP contribution in [0.3, 0.4) is 0 Å². The molecule has 0 N–H and O–H groups in total. The van der Waals surface area contributed by atoms with Gasteiger partial charge in [-0.1, -0.05) is 35.5 Å². The quantitative estimate of drug-likeness (QED) is 0.504. The minimum Gasteiger partial charge on any atom is -0.195 e. The van der Waals surface area contributed by atoms with Crippen molar-refractivity contribution in [3.63, 3.8) is 0 Å². The molecule has 0 aliphatic heterocycles. The SMILES string of the molecule is Cc1ccsc1/C=N/n1cnnc1SCc1ccc(Cl)cc1. The zero-order valence-corrected chi connectivity index (χ0v) is 14.2. The van der Waals surface area contributed by atoms with Gasteiger partial charge in [-0.2, -0.15) is 9.78 Å². The van der Waals surface area contributed by atoms with Gasteiger partial charge in [-0.05, 0) is 41.6 Å². The van der Waals surface area contributed by atoms with Crippen LogP contribution in [-0.4, -0.2) is 21.1 Å². The predicted octanol–water partition coefficient (Wildman–Crippen LogP) is 4.48. The van der Waals surface area contributed by atoms with Crippen LogP contribution >= 0.6 is 34.7 Å². The lowest BCUT2D eigenvalue weighted by molar-refractivity contribution is 0.767. The smallest absolute Gasteiger partial charge is 0.195 e. The number of aromatic nitrogens is 3. The summed E-state index contributed by atoms with van der Waals surface area (Å²) in [6.45, 7) is 2.07. The fourth-order valence-corrected chi connectivity index (χ4v) is 3.48. The van der Waals surface area contributed by atoms with Crippen molar-refractivity contribution in [2.24, 2.45) is 5.10 Å². The van der Waals surface area contributed by atoms with E-state index in [9.17, 15) is 0 Å². The van der Waals surface area contributed by atoms with Crippen LogP contribution in [0.2, 0.25) is 5.02 Å². The Bertz CT molecular complexity index is 777. The number of halogens is 1. The molecule has 2 heterocycles. The van der Waals surface area contributed by atoms with E-state index in [2.05, 4.69) is 33.7 Å². The number of rotatable bonds is 5. The predicted molar refractivity (Wildman–Crippen MR) is 93.1 cm³/mol. The van der Waals surface area contributed by atoms with Crippen LogP contribution in [0.4, 0.5) is 0 Å². The highest BCUT2D eigenvalue weighted by Gasteiger charge is 2.05. The Balaban J connectivity index is 1.68. The van der Waals surface area contributed by atoms with Crippen LogP contribution in [0.5, 0.6) is 0 Å². The second kappa shape index (κ2) is 7.09. The van der Waals surface area contributed by atoms with Crippen LogP contribution in [0.25, 0.3) is 0 Å². The summed E-state index contributed by atoms with van der Waals surface area (Å²) in [7, 11) is 0. The van der Waals surface area contributed by atoms with Crippen LogP contribution in [0.1, 0.15) is 16.0 Å². The summed E-state index contributed by atoms with van der Waals surface area (Å²) in [5.74, 6) is 0.795. The Morgan fingerprint density at radius 1 is 1.32 bits per heavy atom. The maximum Gasteiger partial charge on any atom is 0.212 e. The second-order valence-corrected chi connectivity index (χ2v) is 6.91. The summed E-state index contributed by atoms with van der Waals surface area (Å²) in [4.78, 5) is 1.14. The highest BCUT2D eigenvalue weighted by atomic mass is 35.5. The number of thioether (sulfide) groups is 1. The van der Waals surface area contributed by atoms with Crippen molar-refractivity contribution in [1.82, 2.24) is 14.9 Å². The third kappa shape index (κ3) is 3.76. The third-order valence-corrected chi connectivity index (χ3v) is 5.19. The molecule has 3 rings (SSSR count). The average molecular weight is 349 g/mol. The van der Waals surface area contributed by atoms with Gasteiger partial charge in [-0.3, -0.25) is 0 Å². The molecule has 112 valence electrons. The number of nitrogens with zero attached hydrogens (tertiary/aromatic N) is 4. The van der Waals surface area contributed by atoms with E-state index in [0.29, 0.717) is 0 Å². The van der Waals surface area contributed by atoms with Crippen molar-refractivity contribution in [3.05, 3.63) is 63.1 Å². The van der Waals surface area contributed by atoms with Gasteiger partial charge < -0.3 is 0 Å². The van der Waals surface area contributed by atoms with E-state index in [4.69, 9.17) is 11.6 Å². The van der Waals surface area contributed by atoms with E-state index in [1.165, 1.54) is 11.1 Å². The molecule has 7 heteroatoms. The molecule has 3 aromatic rings. The summed E-state index contributed by atoms with van der Waals surface area (Å²) in [6.07, 6.45) is 3.46. The van der Waals surface area contributed by atoms with Gasteiger partial charge in [-0.25, -0.2) is 0 Å². The Kier molecular flexibility index (Phi) is 4.92. The van der Waals surface area contributed by atoms with Gasteiger partial charge in [-0.15, -0.1) is 21.5 Å². The Morgan fingerprint density at radius 2 is 2.14 bits per heavy atom. The average Bonchev–Trinajstić information content (AvgIpc) is 3.13. The zero-order valence-electron chi connectivity index (χ0n) is 11.8. The Morgan fingerprint density at radius 3 is 2.86 bits per heavy atom. The Labute approximate surface area is 141 Å². The molecular weight excluding hydrogens is 336 g/mol. The monoisotopic (exact) mass is 348 g/mol. The van der Waals surface area contributed by atoms with Gasteiger partial charge in [0.15, 0.2) is 0 Å². The summed E-state index contributed by atoms with van der Waals surface area (Å²) in [5, 5.41) is 16.0. The van der Waals surface area contributed by atoms with E-state index in [1.54, 1.807) is 34.1 Å². The Hall–Kier alpha value is -1.63. The fourth-order valence-electron chi connectivity index (χ4n) is 1.75. The first-order valence-corrected chi connectivity index (χ1v) is 8.82. The third-order valence-electron chi connectivity index (χ3n) is 2.98. The van der Waals surface area contributed by atoms with E-state index in [0.717, 1.165) is 20.8 Å². The molecule has 0 radical (unpaired) electrons. The van der Waals surface area contributed by atoms with Crippen LogP contribution in [-0.2, 0) is 5.75 Å². The van der Waals surface area contributed by atoms with E-state index < -0.39 is 0 Å². The minimum atomic E-state index is 0.743. The maximum atomic E-state index is 5.89. The van der Waals surface area contributed by atoms with Crippen molar-refractivity contribution < 1.29 is 0 Å². The maximum absolute atomic E-state index is 5.89. The highest BCUT2D eigenvalue weighted by Crippen LogP contribution is 2.22. The number of hydrogen-bond acceptors (Lipinski definition) is 5. The molecule has 0 atom stereocenters. The van der Waals surface area contributed by atoms with Gasteiger partial charge in [0.1, 0.15) is 6.33 Å². The standard InChI is InChI=1S/C15H13ClN4S2/c1-11-6-7-21-14(11)8-18-20-10-17-19-15(20)22-9-12-2-4-13(16)5-3-12/h2-8,10H,9H2,1H3/b18-8+. The molecule has 0 saturated carbocycles. The van der Waals surface area contributed by atoms with Gasteiger partial charge in [0, 0.05) is 10.8 Å². The lowest BCUT2D eigenvalue weighted by Crippen LogP contribution is -1.92. The van der Waals surface area contributed by atoms with Crippen molar-refractivity contribution in [3.8, 4) is 0 Å². The number of hydrogen-bond donors (Lipinski definition) is 0. The molecule has 0 aliphatic rings. The second-order valence-electron chi connectivity index (χ2n) is 4.59. The van der Waals surface area contributed by atoms with Crippen LogP contribution in [0.15, 0.2) is 52.3 Å². The molecule has 0 unspecified atom stereocenters. The molecule has 0 saturated heterocycles. The van der Waals surface area contributed by atoms with Crippen molar-refractivity contribution >= 4 is 40.9 Å². The van der Waals surface area contributed by atoms with Crippen LogP contribution < -0.4 is 0 Å². The topological polar surface area (TPSA) is 43.1 Å². The summed E-state index contributed by atoms with van der Waals surface area (Å²) < 4.78 is 1.69. The zero-order chi connectivity index (χ0) is 15.4. The van der Waals surface area contributed by atoms with E-state index in [-0.39, 0.29) is 0 Å². The molecule has 0 amide bonds. The highest BCUT2D eigenvalue weighted by molar-refractivity contribution is 7.98. The van der Waals surface area contributed by atoms with Crippen molar-refractivity contribution in [2.45, 2.75) is 17.8 Å². The van der Waals surface area contributed by atoms with E-state index >= 15 is 0 Å². The molecule has 0 fully saturated rings. The first kappa shape index (κ1) is 15.3. The fraction of sp³-hybridized carbons (Fsp3) is 0.133. The number of aryl methyl sites for hydroxylation is 1. The normalized spacial score (nSPS) is 11.4. The summed E-state index contributed by atoms with van der Waals surface area (Å²) >= 11 is 9.14. The summed E-state index contributed by atoms with van der Waals surface area (Å²) in [5.41, 5.74) is 2.40. The molecule has 2 aromatic heterocycles. The number of benzene rings is 1. The minimum absolute atomic E-state index is 0.743. The van der Waals surface area contributed by atoms with Gasteiger partial charge in [0.05, 0.1) is 11.1 Å². The van der Waals surface area contributed by atoms with Gasteiger partial charge in [0.2, 0.25) is 5.16 Å². The van der Waals surface area contributed by atoms with Gasteiger partial charge >= 0.3 is 0 Å². The molecule has 0 bridgehead atoms. The van der Waals surface area contributed by atoms with E-state index in [1.807, 2.05) is 30.5 Å².